The molecule has 4 nitrogen and oxygen atoms in total. The molecule has 1 amide bonds. The largest absolute Gasteiger partial charge is 0.364 e. The molecule has 1 aliphatic rings. The average Bonchev–Trinajstić information content (AvgIpc) is 2.87. The maximum Gasteiger partial charge on any atom is 0.249 e. The summed E-state index contributed by atoms with van der Waals surface area (Å²) in [5.41, 5.74) is 6.86. The number of hydrogen-bond donors (Lipinski definition) is 2. The van der Waals surface area contributed by atoms with Gasteiger partial charge < -0.3 is 15.8 Å². The lowest BCUT2D eigenvalue weighted by Crippen LogP contribution is -2.37. The van der Waals surface area contributed by atoms with Gasteiger partial charge in [-0.2, -0.15) is 0 Å². The summed E-state index contributed by atoms with van der Waals surface area (Å²) < 4.78 is 5.64. The third-order valence-corrected chi connectivity index (χ3v) is 3.24. The van der Waals surface area contributed by atoms with Gasteiger partial charge in [-0.05, 0) is 25.3 Å². The van der Waals surface area contributed by atoms with Crippen molar-refractivity contribution in [2.24, 2.45) is 5.73 Å². The Bertz CT molecular complexity index is 392. The van der Waals surface area contributed by atoms with Crippen molar-refractivity contribution in [1.82, 2.24) is 5.32 Å². The summed E-state index contributed by atoms with van der Waals surface area (Å²) in [4.78, 5) is 11.9. The van der Waals surface area contributed by atoms with E-state index in [1.807, 2.05) is 37.3 Å². The summed E-state index contributed by atoms with van der Waals surface area (Å²) >= 11 is 0. The Morgan fingerprint density at radius 3 is 2.78 bits per heavy atom. The van der Waals surface area contributed by atoms with Gasteiger partial charge in [0, 0.05) is 12.6 Å². The maximum absolute atomic E-state index is 11.9. The number of carbonyl (C=O) groups excluding carboxylic acids is 1. The number of rotatable bonds is 4. The van der Waals surface area contributed by atoms with Crippen molar-refractivity contribution in [1.29, 1.82) is 0 Å². The lowest BCUT2D eigenvalue weighted by Gasteiger charge is -2.16. The second-order valence-corrected chi connectivity index (χ2v) is 4.80. The highest BCUT2D eigenvalue weighted by atomic mass is 16.5. The first-order valence-electron chi connectivity index (χ1n) is 6.39. The molecule has 3 atom stereocenters. The Morgan fingerprint density at radius 1 is 1.44 bits per heavy atom. The summed E-state index contributed by atoms with van der Waals surface area (Å²) in [6, 6.07) is 9.83. The standard InChI is InChI=1S/C14H20N2O2/c1-10(15)12-7-8-13(18-12)14(17)16-9-11-5-3-2-4-6-11/h2-6,10,12-13H,7-9,15H2,1H3,(H,16,17)/t10-,12-,13+/m0/s1. The van der Waals surface area contributed by atoms with E-state index in [-0.39, 0.29) is 24.2 Å². The van der Waals surface area contributed by atoms with Gasteiger partial charge in [-0.1, -0.05) is 30.3 Å². The smallest absolute Gasteiger partial charge is 0.249 e. The molecule has 2 rings (SSSR count). The Hall–Kier alpha value is -1.39. The third-order valence-electron chi connectivity index (χ3n) is 3.24. The molecule has 18 heavy (non-hydrogen) atoms. The van der Waals surface area contributed by atoms with Gasteiger partial charge in [0.25, 0.3) is 0 Å². The van der Waals surface area contributed by atoms with Crippen molar-refractivity contribution in [2.45, 2.75) is 44.6 Å². The maximum atomic E-state index is 11.9. The van der Waals surface area contributed by atoms with Crippen molar-refractivity contribution >= 4 is 5.91 Å². The molecule has 3 N–H and O–H groups in total. The Kier molecular flexibility index (Phi) is 4.33. The zero-order chi connectivity index (χ0) is 13.0. The molecule has 1 saturated heterocycles. The lowest BCUT2D eigenvalue weighted by molar-refractivity contribution is -0.132. The van der Waals surface area contributed by atoms with Crippen LogP contribution >= 0.6 is 0 Å². The van der Waals surface area contributed by atoms with Gasteiger partial charge in [0.05, 0.1) is 6.10 Å². The molecule has 0 aromatic heterocycles. The molecule has 1 heterocycles. The molecule has 0 unspecified atom stereocenters. The molecule has 4 heteroatoms. The number of amides is 1. The minimum Gasteiger partial charge on any atom is -0.364 e. The van der Waals surface area contributed by atoms with Gasteiger partial charge >= 0.3 is 0 Å². The Morgan fingerprint density at radius 2 is 2.17 bits per heavy atom. The summed E-state index contributed by atoms with van der Waals surface area (Å²) in [5, 5.41) is 2.90. The van der Waals surface area contributed by atoms with Crippen LogP contribution in [0.5, 0.6) is 0 Å². The zero-order valence-electron chi connectivity index (χ0n) is 10.6. The molecule has 1 aromatic carbocycles. The fourth-order valence-electron chi connectivity index (χ4n) is 2.14. The predicted molar refractivity (Wildman–Crippen MR) is 69.8 cm³/mol. The fourth-order valence-corrected chi connectivity index (χ4v) is 2.14. The van der Waals surface area contributed by atoms with Crippen LogP contribution in [0.25, 0.3) is 0 Å². The van der Waals surface area contributed by atoms with Crippen LogP contribution in [-0.4, -0.2) is 24.2 Å². The third kappa shape index (κ3) is 3.31. The van der Waals surface area contributed by atoms with Crippen molar-refractivity contribution in [3.8, 4) is 0 Å². The number of nitrogens with two attached hydrogens (primary N) is 1. The van der Waals surface area contributed by atoms with E-state index in [9.17, 15) is 4.79 Å². The lowest BCUT2D eigenvalue weighted by atomic mass is 10.1. The second kappa shape index (κ2) is 5.98. The van der Waals surface area contributed by atoms with Crippen molar-refractivity contribution in [3.63, 3.8) is 0 Å². The van der Waals surface area contributed by atoms with Crippen LogP contribution in [0.1, 0.15) is 25.3 Å². The topological polar surface area (TPSA) is 64.4 Å². The molecule has 1 aromatic rings. The summed E-state index contributed by atoms with van der Waals surface area (Å²) in [5.74, 6) is -0.0398. The minimum absolute atomic E-state index is 0.0116. The van der Waals surface area contributed by atoms with Gasteiger partial charge in [0.1, 0.15) is 6.10 Å². The van der Waals surface area contributed by atoms with Crippen LogP contribution in [-0.2, 0) is 16.1 Å². The summed E-state index contributed by atoms with van der Waals surface area (Å²) in [6.07, 6.45) is 1.29. The Labute approximate surface area is 108 Å². The van der Waals surface area contributed by atoms with Crippen molar-refractivity contribution in [3.05, 3.63) is 35.9 Å². The van der Waals surface area contributed by atoms with Gasteiger partial charge in [0.15, 0.2) is 0 Å². The average molecular weight is 248 g/mol. The van der Waals surface area contributed by atoms with E-state index in [2.05, 4.69) is 5.32 Å². The van der Waals surface area contributed by atoms with Crippen LogP contribution in [0.4, 0.5) is 0 Å². The zero-order valence-corrected chi connectivity index (χ0v) is 10.6. The highest BCUT2D eigenvalue weighted by molar-refractivity contribution is 5.81. The van der Waals surface area contributed by atoms with Crippen molar-refractivity contribution < 1.29 is 9.53 Å². The van der Waals surface area contributed by atoms with Gasteiger partial charge in [-0.25, -0.2) is 0 Å². The predicted octanol–water partition coefficient (Wildman–Crippen LogP) is 1.20. The van der Waals surface area contributed by atoms with E-state index in [0.717, 1.165) is 18.4 Å². The fraction of sp³-hybridized carbons (Fsp3) is 0.500. The van der Waals surface area contributed by atoms with Crippen LogP contribution < -0.4 is 11.1 Å². The van der Waals surface area contributed by atoms with Crippen LogP contribution in [0.3, 0.4) is 0 Å². The second-order valence-electron chi connectivity index (χ2n) is 4.80. The van der Waals surface area contributed by atoms with Gasteiger partial charge in [-0.15, -0.1) is 0 Å². The first-order valence-corrected chi connectivity index (χ1v) is 6.39. The minimum atomic E-state index is -0.343. The van der Waals surface area contributed by atoms with E-state index in [0.29, 0.717) is 6.54 Å². The molecule has 0 spiro atoms. The van der Waals surface area contributed by atoms with Gasteiger partial charge in [-0.3, -0.25) is 4.79 Å². The monoisotopic (exact) mass is 248 g/mol. The highest BCUT2D eigenvalue weighted by Gasteiger charge is 2.32. The Balaban J connectivity index is 1.79. The normalized spacial score (nSPS) is 24.8. The molecular formula is C14H20N2O2. The molecule has 0 saturated carbocycles. The summed E-state index contributed by atoms with van der Waals surface area (Å²) in [6.45, 7) is 2.46. The SMILES string of the molecule is C[C@H](N)[C@@H]1CC[C@H](C(=O)NCc2ccccc2)O1. The van der Waals surface area contributed by atoms with Gasteiger partial charge in [0.2, 0.25) is 5.91 Å². The molecule has 98 valence electrons. The van der Waals surface area contributed by atoms with E-state index < -0.39 is 0 Å². The molecule has 0 aliphatic carbocycles. The highest BCUT2D eigenvalue weighted by Crippen LogP contribution is 2.21. The van der Waals surface area contributed by atoms with Crippen LogP contribution in [0, 0.1) is 0 Å². The quantitative estimate of drug-likeness (QED) is 0.841. The van der Waals surface area contributed by atoms with Crippen LogP contribution in [0.15, 0.2) is 30.3 Å². The first-order chi connectivity index (χ1) is 8.66. The molecule has 0 radical (unpaired) electrons. The first kappa shape index (κ1) is 13.1. The van der Waals surface area contributed by atoms with Crippen molar-refractivity contribution in [2.75, 3.05) is 0 Å². The molecular weight excluding hydrogens is 228 g/mol. The van der Waals surface area contributed by atoms with Crippen LogP contribution in [0.2, 0.25) is 0 Å². The number of benzene rings is 1. The van der Waals surface area contributed by atoms with E-state index >= 15 is 0 Å². The number of hydrogen-bond acceptors (Lipinski definition) is 3. The summed E-state index contributed by atoms with van der Waals surface area (Å²) in [7, 11) is 0. The molecule has 0 bridgehead atoms. The number of nitrogens with one attached hydrogen (secondary N) is 1. The van der Waals surface area contributed by atoms with E-state index in [1.54, 1.807) is 0 Å². The number of ether oxygens (including phenoxy) is 1. The van der Waals surface area contributed by atoms with E-state index in [1.165, 1.54) is 0 Å². The molecule has 1 aliphatic heterocycles. The molecule has 1 fully saturated rings. The van der Waals surface area contributed by atoms with E-state index in [4.69, 9.17) is 10.5 Å². The number of carbonyl (C=O) groups is 1.